The maximum atomic E-state index is 12.6. The van der Waals surface area contributed by atoms with Crippen molar-refractivity contribution in [2.75, 3.05) is 5.43 Å². The largest absolute Gasteiger partial charge is 0.416 e. The van der Waals surface area contributed by atoms with Gasteiger partial charge in [-0.05, 0) is 45.0 Å². The zero-order valence-electron chi connectivity index (χ0n) is 14.7. The van der Waals surface area contributed by atoms with E-state index in [0.717, 1.165) is 35.3 Å². The molecule has 2 heterocycles. The number of hydrogen-bond donors (Lipinski definition) is 1. The van der Waals surface area contributed by atoms with Crippen LogP contribution in [0.4, 0.5) is 13.2 Å². The van der Waals surface area contributed by atoms with Crippen molar-refractivity contribution in [3.8, 4) is 0 Å². The van der Waals surface area contributed by atoms with Crippen LogP contribution in [0.15, 0.2) is 41.6 Å². The lowest BCUT2D eigenvalue weighted by Crippen LogP contribution is -2.33. The van der Waals surface area contributed by atoms with Crippen LogP contribution in [0.1, 0.15) is 36.7 Å². The molecule has 0 spiro atoms. The van der Waals surface area contributed by atoms with Crippen LogP contribution in [0.25, 0.3) is 11.0 Å². The number of amides is 1. The number of nitrogens with one attached hydrogen (secondary N) is 1. The third-order valence-electron chi connectivity index (χ3n) is 3.82. The molecular formula is C17H16F3N5O2. The van der Waals surface area contributed by atoms with E-state index in [-0.39, 0.29) is 10.9 Å². The van der Waals surface area contributed by atoms with Gasteiger partial charge in [0.25, 0.3) is 11.5 Å². The van der Waals surface area contributed by atoms with Crippen LogP contribution < -0.4 is 11.0 Å². The fourth-order valence-electron chi connectivity index (χ4n) is 2.47. The summed E-state index contributed by atoms with van der Waals surface area (Å²) < 4.78 is 40.2. The highest BCUT2D eigenvalue weighted by atomic mass is 19.4. The van der Waals surface area contributed by atoms with E-state index in [2.05, 4.69) is 15.5 Å². The molecule has 3 aromatic rings. The number of nitrogens with zero attached hydrogens (tertiary/aromatic N) is 4. The van der Waals surface area contributed by atoms with E-state index in [1.807, 2.05) is 20.8 Å². The molecule has 0 aliphatic rings. The standard InChI is InChI=1S/C17H16F3N5O2/c1-16(2,3)25-13-12(8-22-25)15(27)24(9-21-13)23-14(26)10-4-6-11(7-5-10)17(18,19)20/h4-9H,1-3H3,(H,23,26). The van der Waals surface area contributed by atoms with Crippen molar-refractivity contribution in [1.29, 1.82) is 0 Å². The fraction of sp³-hybridized carbons (Fsp3) is 0.294. The highest BCUT2D eigenvalue weighted by Gasteiger charge is 2.30. The van der Waals surface area contributed by atoms with Gasteiger partial charge < -0.3 is 0 Å². The molecule has 1 N–H and O–H groups in total. The van der Waals surface area contributed by atoms with E-state index < -0.39 is 28.7 Å². The van der Waals surface area contributed by atoms with E-state index >= 15 is 0 Å². The van der Waals surface area contributed by atoms with Crippen LogP contribution in [0.3, 0.4) is 0 Å². The normalized spacial score (nSPS) is 12.4. The maximum absolute atomic E-state index is 12.6. The summed E-state index contributed by atoms with van der Waals surface area (Å²) in [5.74, 6) is -0.741. The van der Waals surface area contributed by atoms with E-state index in [4.69, 9.17) is 0 Å². The average molecular weight is 379 g/mol. The van der Waals surface area contributed by atoms with Crippen molar-refractivity contribution in [1.82, 2.24) is 19.4 Å². The van der Waals surface area contributed by atoms with Crippen LogP contribution in [0, 0.1) is 0 Å². The number of benzene rings is 1. The molecule has 2 aromatic heterocycles. The Morgan fingerprint density at radius 1 is 1.11 bits per heavy atom. The molecule has 10 heteroatoms. The zero-order chi connectivity index (χ0) is 20.0. The average Bonchev–Trinajstić information content (AvgIpc) is 3.02. The first-order chi connectivity index (χ1) is 12.5. The Balaban J connectivity index is 1.89. The second-order valence-corrected chi connectivity index (χ2v) is 6.90. The Bertz CT molecular complexity index is 1060. The summed E-state index contributed by atoms with van der Waals surface area (Å²) in [5.41, 5.74) is 0.846. The molecule has 142 valence electrons. The molecule has 0 radical (unpaired) electrons. The lowest BCUT2D eigenvalue weighted by molar-refractivity contribution is -0.137. The van der Waals surface area contributed by atoms with Gasteiger partial charge in [-0.1, -0.05) is 0 Å². The first-order valence-electron chi connectivity index (χ1n) is 7.93. The molecule has 0 aliphatic heterocycles. The number of fused-ring (bicyclic) bond motifs is 1. The molecule has 7 nitrogen and oxygen atoms in total. The summed E-state index contributed by atoms with van der Waals surface area (Å²) >= 11 is 0. The number of halogens is 3. The van der Waals surface area contributed by atoms with Crippen molar-refractivity contribution in [3.63, 3.8) is 0 Å². The third kappa shape index (κ3) is 3.55. The first-order valence-corrected chi connectivity index (χ1v) is 7.93. The van der Waals surface area contributed by atoms with E-state index in [1.165, 1.54) is 6.20 Å². The van der Waals surface area contributed by atoms with Gasteiger partial charge in [-0.2, -0.15) is 18.3 Å². The predicted molar refractivity (Wildman–Crippen MR) is 91.9 cm³/mol. The zero-order valence-corrected chi connectivity index (χ0v) is 14.7. The van der Waals surface area contributed by atoms with Crippen LogP contribution in [-0.4, -0.2) is 25.3 Å². The van der Waals surface area contributed by atoms with Gasteiger partial charge >= 0.3 is 6.18 Å². The quantitative estimate of drug-likeness (QED) is 0.742. The number of rotatable bonds is 2. The minimum absolute atomic E-state index is 0.0274. The number of alkyl halides is 3. The second kappa shape index (κ2) is 6.22. The Labute approximate surface area is 151 Å². The molecule has 0 unspecified atom stereocenters. The fourth-order valence-corrected chi connectivity index (χ4v) is 2.47. The third-order valence-corrected chi connectivity index (χ3v) is 3.82. The van der Waals surface area contributed by atoms with Gasteiger partial charge in [0.05, 0.1) is 17.3 Å². The molecule has 27 heavy (non-hydrogen) atoms. The van der Waals surface area contributed by atoms with Crippen LogP contribution in [-0.2, 0) is 11.7 Å². The predicted octanol–water partition coefficient (Wildman–Crippen LogP) is 2.75. The number of hydrogen-bond acceptors (Lipinski definition) is 4. The van der Waals surface area contributed by atoms with Crippen LogP contribution in [0.5, 0.6) is 0 Å². The number of carbonyl (C=O) groups is 1. The molecule has 0 atom stereocenters. The second-order valence-electron chi connectivity index (χ2n) is 6.90. The molecular weight excluding hydrogens is 363 g/mol. The van der Waals surface area contributed by atoms with Crippen molar-refractivity contribution >= 4 is 16.9 Å². The molecule has 1 amide bonds. The molecule has 0 saturated carbocycles. The van der Waals surface area contributed by atoms with Crippen molar-refractivity contribution < 1.29 is 18.0 Å². The van der Waals surface area contributed by atoms with E-state index in [1.54, 1.807) is 4.68 Å². The first kappa shape index (κ1) is 18.6. The van der Waals surface area contributed by atoms with Crippen molar-refractivity contribution in [3.05, 3.63) is 58.3 Å². The van der Waals surface area contributed by atoms with Gasteiger partial charge in [0.2, 0.25) is 0 Å². The molecule has 0 aliphatic carbocycles. The lowest BCUT2D eigenvalue weighted by Gasteiger charge is -2.19. The van der Waals surface area contributed by atoms with E-state index in [9.17, 15) is 22.8 Å². The smallest absolute Gasteiger partial charge is 0.267 e. The Hall–Kier alpha value is -3.17. The van der Waals surface area contributed by atoms with Gasteiger partial charge in [0.1, 0.15) is 11.7 Å². The minimum Gasteiger partial charge on any atom is -0.267 e. The van der Waals surface area contributed by atoms with E-state index in [0.29, 0.717) is 5.65 Å². The SMILES string of the molecule is CC(C)(C)n1ncc2c(=O)n(NC(=O)c3ccc(C(F)(F)F)cc3)cnc21. The van der Waals surface area contributed by atoms with Gasteiger partial charge in [0.15, 0.2) is 5.65 Å². The van der Waals surface area contributed by atoms with Crippen molar-refractivity contribution in [2.24, 2.45) is 0 Å². The molecule has 0 saturated heterocycles. The highest BCUT2D eigenvalue weighted by Crippen LogP contribution is 2.29. The van der Waals surface area contributed by atoms with Gasteiger partial charge in [-0.3, -0.25) is 15.0 Å². The maximum Gasteiger partial charge on any atom is 0.416 e. The monoisotopic (exact) mass is 379 g/mol. The minimum atomic E-state index is -4.49. The summed E-state index contributed by atoms with van der Waals surface area (Å²) in [7, 11) is 0. The highest BCUT2D eigenvalue weighted by molar-refractivity contribution is 6.00. The van der Waals surface area contributed by atoms with Crippen molar-refractivity contribution in [2.45, 2.75) is 32.5 Å². The summed E-state index contributed by atoms with van der Waals surface area (Å²) in [5, 5.41) is 4.37. The molecule has 1 aromatic carbocycles. The summed E-state index contributed by atoms with van der Waals surface area (Å²) in [6.07, 6.45) is -2.00. The lowest BCUT2D eigenvalue weighted by atomic mass is 10.1. The molecule has 0 bridgehead atoms. The van der Waals surface area contributed by atoms with Crippen LogP contribution in [0.2, 0.25) is 0 Å². The Morgan fingerprint density at radius 3 is 2.30 bits per heavy atom. The number of aromatic nitrogens is 4. The summed E-state index contributed by atoms with van der Waals surface area (Å²) in [4.78, 5) is 28.9. The Kier molecular flexibility index (Phi) is 4.29. The molecule has 0 fully saturated rings. The van der Waals surface area contributed by atoms with Gasteiger partial charge in [-0.25, -0.2) is 14.3 Å². The molecule has 3 rings (SSSR count). The van der Waals surface area contributed by atoms with Gasteiger partial charge in [-0.15, -0.1) is 0 Å². The summed E-state index contributed by atoms with van der Waals surface area (Å²) in [6, 6.07) is 3.67. The van der Waals surface area contributed by atoms with Gasteiger partial charge in [0, 0.05) is 5.56 Å². The topological polar surface area (TPSA) is 81.8 Å². The summed E-state index contributed by atoms with van der Waals surface area (Å²) in [6.45, 7) is 5.71. The Morgan fingerprint density at radius 2 is 1.74 bits per heavy atom. The van der Waals surface area contributed by atoms with Crippen LogP contribution >= 0.6 is 0 Å². The number of carbonyl (C=O) groups excluding carboxylic acids is 1.